The zero-order chi connectivity index (χ0) is 23.4. The van der Waals surface area contributed by atoms with Gasteiger partial charge in [-0.15, -0.1) is 0 Å². The number of sulfonamides is 1. The molecule has 0 bridgehead atoms. The number of benzene rings is 2. The number of hydrogen-bond donors (Lipinski definition) is 3. The number of carbonyl (C=O) groups excluding carboxylic acids is 1. The van der Waals surface area contributed by atoms with E-state index in [1.807, 2.05) is 19.1 Å². The first kappa shape index (κ1) is 23.5. The van der Waals surface area contributed by atoms with Crippen LogP contribution in [0.25, 0.3) is 0 Å². The summed E-state index contributed by atoms with van der Waals surface area (Å²) in [6, 6.07) is 10.5. The molecule has 2 heterocycles. The van der Waals surface area contributed by atoms with Crippen molar-refractivity contribution in [2.75, 3.05) is 49.0 Å². The molecular formula is C24H32N4O4S. The summed E-state index contributed by atoms with van der Waals surface area (Å²) in [4.78, 5) is 15.2. The standard InChI is InChI=1S/C24H32N4O4S/c1-17-5-8-23(18(2)14-17)33(30,31)27-21-15-19(24(29)26-16-20-4-3-13-32-20)6-7-22(21)28-11-9-25-10-12-28/h5-8,14-15,20,25,27H,3-4,9-13,16H2,1-2H3,(H,26,29). The predicted molar refractivity (Wildman–Crippen MR) is 130 cm³/mol. The van der Waals surface area contributed by atoms with Gasteiger partial charge < -0.3 is 20.3 Å². The second kappa shape index (κ2) is 10.1. The van der Waals surface area contributed by atoms with Crippen molar-refractivity contribution in [1.29, 1.82) is 0 Å². The molecule has 1 unspecified atom stereocenters. The molecule has 2 saturated heterocycles. The highest BCUT2D eigenvalue weighted by Crippen LogP contribution is 2.31. The predicted octanol–water partition coefficient (Wildman–Crippen LogP) is 2.42. The molecule has 0 saturated carbocycles. The van der Waals surface area contributed by atoms with Gasteiger partial charge in [-0.2, -0.15) is 0 Å². The van der Waals surface area contributed by atoms with Crippen LogP contribution in [0.5, 0.6) is 0 Å². The molecule has 178 valence electrons. The van der Waals surface area contributed by atoms with E-state index in [-0.39, 0.29) is 16.9 Å². The molecule has 9 heteroatoms. The molecule has 1 amide bonds. The van der Waals surface area contributed by atoms with Crippen LogP contribution >= 0.6 is 0 Å². The number of amides is 1. The summed E-state index contributed by atoms with van der Waals surface area (Å²) in [7, 11) is -3.83. The number of hydrogen-bond acceptors (Lipinski definition) is 6. The molecule has 2 aliphatic rings. The van der Waals surface area contributed by atoms with Crippen LogP contribution in [0, 0.1) is 13.8 Å². The fourth-order valence-corrected chi connectivity index (χ4v) is 5.65. The molecular weight excluding hydrogens is 440 g/mol. The Morgan fingerprint density at radius 2 is 1.94 bits per heavy atom. The fraction of sp³-hybridized carbons (Fsp3) is 0.458. The lowest BCUT2D eigenvalue weighted by atomic mass is 10.1. The number of ether oxygens (including phenoxy) is 1. The highest BCUT2D eigenvalue weighted by atomic mass is 32.2. The minimum Gasteiger partial charge on any atom is -0.376 e. The monoisotopic (exact) mass is 472 g/mol. The van der Waals surface area contributed by atoms with Crippen LogP contribution in [0.2, 0.25) is 0 Å². The van der Waals surface area contributed by atoms with Gasteiger partial charge in [-0.25, -0.2) is 8.42 Å². The van der Waals surface area contributed by atoms with E-state index >= 15 is 0 Å². The quantitative estimate of drug-likeness (QED) is 0.572. The molecule has 1 atom stereocenters. The van der Waals surface area contributed by atoms with E-state index in [4.69, 9.17) is 4.74 Å². The lowest BCUT2D eigenvalue weighted by molar-refractivity contribution is 0.0858. The van der Waals surface area contributed by atoms with E-state index in [2.05, 4.69) is 20.3 Å². The molecule has 4 rings (SSSR count). The largest absolute Gasteiger partial charge is 0.376 e. The third kappa shape index (κ3) is 5.66. The Morgan fingerprint density at radius 3 is 2.64 bits per heavy atom. The Hall–Kier alpha value is -2.62. The summed E-state index contributed by atoms with van der Waals surface area (Å²) >= 11 is 0. The zero-order valence-corrected chi connectivity index (χ0v) is 20.0. The molecule has 2 aromatic rings. The van der Waals surface area contributed by atoms with Crippen LogP contribution in [0.15, 0.2) is 41.3 Å². The summed E-state index contributed by atoms with van der Waals surface area (Å²) in [5.74, 6) is -0.246. The van der Waals surface area contributed by atoms with Gasteiger partial charge in [0.05, 0.1) is 22.4 Å². The molecule has 2 aromatic carbocycles. The van der Waals surface area contributed by atoms with Gasteiger partial charge in [0.25, 0.3) is 15.9 Å². The minimum atomic E-state index is -3.83. The van der Waals surface area contributed by atoms with E-state index in [0.29, 0.717) is 23.4 Å². The summed E-state index contributed by atoms with van der Waals surface area (Å²) in [6.45, 7) is 8.02. The first-order valence-electron chi connectivity index (χ1n) is 11.4. The van der Waals surface area contributed by atoms with Gasteiger partial charge in [0.1, 0.15) is 0 Å². The van der Waals surface area contributed by atoms with Crippen molar-refractivity contribution < 1.29 is 17.9 Å². The third-order valence-electron chi connectivity index (χ3n) is 6.09. The first-order chi connectivity index (χ1) is 15.8. The van der Waals surface area contributed by atoms with Gasteiger partial charge in [-0.3, -0.25) is 9.52 Å². The minimum absolute atomic E-state index is 0.0385. The molecule has 8 nitrogen and oxygen atoms in total. The Labute approximate surface area is 195 Å². The summed E-state index contributed by atoms with van der Waals surface area (Å²) in [6.07, 6.45) is 1.98. The van der Waals surface area contributed by atoms with Gasteiger partial charge in [0.15, 0.2) is 0 Å². The number of anilines is 2. The number of rotatable bonds is 7. The van der Waals surface area contributed by atoms with Crippen LogP contribution < -0.4 is 20.3 Å². The Morgan fingerprint density at radius 1 is 1.15 bits per heavy atom. The van der Waals surface area contributed by atoms with Gasteiger partial charge in [-0.1, -0.05) is 17.7 Å². The second-order valence-electron chi connectivity index (χ2n) is 8.69. The van der Waals surface area contributed by atoms with Crippen molar-refractivity contribution in [3.8, 4) is 0 Å². The maximum absolute atomic E-state index is 13.3. The van der Waals surface area contributed by atoms with E-state index < -0.39 is 10.0 Å². The Bertz CT molecular complexity index is 1110. The van der Waals surface area contributed by atoms with Gasteiger partial charge in [0.2, 0.25) is 0 Å². The van der Waals surface area contributed by atoms with Crippen molar-refractivity contribution in [1.82, 2.24) is 10.6 Å². The Kier molecular flexibility index (Phi) is 7.21. The molecule has 0 radical (unpaired) electrons. The normalized spacial score (nSPS) is 18.8. The highest BCUT2D eigenvalue weighted by Gasteiger charge is 2.23. The summed E-state index contributed by atoms with van der Waals surface area (Å²) in [5, 5.41) is 6.22. The summed E-state index contributed by atoms with van der Waals surface area (Å²) in [5.41, 5.74) is 3.25. The average molecular weight is 473 g/mol. The van der Waals surface area contributed by atoms with E-state index in [0.717, 1.165) is 56.9 Å². The third-order valence-corrected chi connectivity index (χ3v) is 7.62. The van der Waals surface area contributed by atoms with Gasteiger partial charge >= 0.3 is 0 Å². The van der Waals surface area contributed by atoms with Crippen molar-refractivity contribution >= 4 is 27.3 Å². The van der Waals surface area contributed by atoms with Crippen molar-refractivity contribution in [2.45, 2.75) is 37.7 Å². The SMILES string of the molecule is Cc1ccc(S(=O)(=O)Nc2cc(C(=O)NCC3CCCO3)ccc2N2CCNCC2)c(C)c1. The molecule has 33 heavy (non-hydrogen) atoms. The maximum atomic E-state index is 13.3. The fourth-order valence-electron chi connectivity index (χ4n) is 4.36. The van der Waals surface area contributed by atoms with Gasteiger partial charge in [0, 0.05) is 44.9 Å². The van der Waals surface area contributed by atoms with Gasteiger partial charge in [-0.05, 0) is 56.5 Å². The number of aryl methyl sites for hydroxylation is 2. The maximum Gasteiger partial charge on any atom is 0.262 e. The number of carbonyl (C=O) groups is 1. The van der Waals surface area contributed by atoms with E-state index in [1.54, 1.807) is 31.2 Å². The molecule has 3 N–H and O–H groups in total. The van der Waals surface area contributed by atoms with Crippen LogP contribution in [0.3, 0.4) is 0 Å². The van der Waals surface area contributed by atoms with Crippen LogP contribution in [0.1, 0.15) is 34.3 Å². The van der Waals surface area contributed by atoms with Crippen LogP contribution in [-0.4, -0.2) is 59.8 Å². The lowest BCUT2D eigenvalue weighted by Crippen LogP contribution is -2.43. The second-order valence-corrected chi connectivity index (χ2v) is 10.3. The smallest absolute Gasteiger partial charge is 0.262 e. The topological polar surface area (TPSA) is 99.8 Å². The molecule has 0 aromatic heterocycles. The van der Waals surface area contributed by atoms with Crippen LogP contribution in [0.4, 0.5) is 11.4 Å². The number of nitrogens with zero attached hydrogens (tertiary/aromatic N) is 1. The van der Waals surface area contributed by atoms with Crippen molar-refractivity contribution in [2.24, 2.45) is 0 Å². The highest BCUT2D eigenvalue weighted by molar-refractivity contribution is 7.92. The van der Waals surface area contributed by atoms with Crippen molar-refractivity contribution in [3.63, 3.8) is 0 Å². The number of nitrogens with one attached hydrogen (secondary N) is 3. The van der Waals surface area contributed by atoms with Crippen molar-refractivity contribution in [3.05, 3.63) is 53.1 Å². The average Bonchev–Trinajstić information content (AvgIpc) is 3.31. The Balaban J connectivity index is 1.62. The van der Waals surface area contributed by atoms with Crippen LogP contribution in [-0.2, 0) is 14.8 Å². The molecule has 0 aliphatic carbocycles. The number of piperazine rings is 1. The summed E-state index contributed by atoms with van der Waals surface area (Å²) < 4.78 is 34.9. The molecule has 0 spiro atoms. The first-order valence-corrected chi connectivity index (χ1v) is 12.9. The molecule has 2 aliphatic heterocycles. The lowest BCUT2D eigenvalue weighted by Gasteiger charge is -2.31. The zero-order valence-electron chi connectivity index (χ0n) is 19.2. The van der Waals surface area contributed by atoms with E-state index in [9.17, 15) is 13.2 Å². The molecule has 2 fully saturated rings. The van der Waals surface area contributed by atoms with E-state index in [1.165, 1.54) is 0 Å².